The Labute approximate surface area is 184 Å². The van der Waals surface area contributed by atoms with Crippen LogP contribution < -0.4 is 20.3 Å². The van der Waals surface area contributed by atoms with E-state index in [0.29, 0.717) is 47.0 Å². The SMILES string of the molecule is CC[C@H]1CCCCN1CCCNC(=O)c1cn(CC)c(=O)c2cc(OC)c(OC)cc12. The third-order valence-corrected chi connectivity index (χ3v) is 6.30. The molecule has 3 rings (SSSR count). The summed E-state index contributed by atoms with van der Waals surface area (Å²) in [6, 6.07) is 4.04. The monoisotopic (exact) mass is 429 g/mol. The maximum atomic E-state index is 13.1. The molecule has 1 aromatic carbocycles. The Morgan fingerprint density at radius 1 is 1.13 bits per heavy atom. The normalized spacial score (nSPS) is 17.0. The van der Waals surface area contributed by atoms with Gasteiger partial charge in [-0.2, -0.15) is 0 Å². The van der Waals surface area contributed by atoms with Crippen molar-refractivity contribution in [1.29, 1.82) is 0 Å². The van der Waals surface area contributed by atoms with Gasteiger partial charge >= 0.3 is 0 Å². The van der Waals surface area contributed by atoms with Crippen molar-refractivity contribution < 1.29 is 14.3 Å². The topological polar surface area (TPSA) is 72.8 Å². The minimum Gasteiger partial charge on any atom is -0.493 e. The van der Waals surface area contributed by atoms with Crippen molar-refractivity contribution in [2.45, 2.75) is 58.5 Å². The molecule has 0 aliphatic carbocycles. The summed E-state index contributed by atoms with van der Waals surface area (Å²) in [5.74, 6) is 0.790. The molecule has 0 saturated carbocycles. The number of pyridine rings is 1. The second-order valence-electron chi connectivity index (χ2n) is 8.09. The van der Waals surface area contributed by atoms with Gasteiger partial charge in [0.1, 0.15) is 0 Å². The Morgan fingerprint density at radius 3 is 2.48 bits per heavy atom. The maximum absolute atomic E-state index is 13.1. The first kappa shape index (κ1) is 23.1. The number of likely N-dealkylation sites (tertiary alicyclic amines) is 1. The smallest absolute Gasteiger partial charge is 0.258 e. The predicted molar refractivity (Wildman–Crippen MR) is 123 cm³/mol. The first-order valence-corrected chi connectivity index (χ1v) is 11.3. The number of piperidine rings is 1. The molecule has 1 saturated heterocycles. The molecular weight excluding hydrogens is 394 g/mol. The predicted octanol–water partition coefficient (Wildman–Crippen LogP) is 3.42. The van der Waals surface area contributed by atoms with Crippen LogP contribution in [0, 0.1) is 0 Å². The minimum atomic E-state index is -0.176. The van der Waals surface area contributed by atoms with E-state index in [2.05, 4.69) is 17.1 Å². The van der Waals surface area contributed by atoms with Crippen LogP contribution in [-0.4, -0.2) is 55.3 Å². The number of ether oxygens (including phenoxy) is 2. The second kappa shape index (κ2) is 10.7. The summed E-state index contributed by atoms with van der Waals surface area (Å²) in [4.78, 5) is 28.4. The van der Waals surface area contributed by atoms with Crippen molar-refractivity contribution in [1.82, 2.24) is 14.8 Å². The number of carbonyl (C=O) groups excluding carboxylic acids is 1. The molecule has 0 radical (unpaired) electrons. The molecule has 2 aromatic rings. The molecule has 1 aliphatic heterocycles. The van der Waals surface area contributed by atoms with Gasteiger partial charge in [-0.1, -0.05) is 13.3 Å². The molecule has 1 aliphatic rings. The van der Waals surface area contributed by atoms with E-state index < -0.39 is 0 Å². The van der Waals surface area contributed by atoms with Crippen LogP contribution in [0.1, 0.15) is 56.3 Å². The highest BCUT2D eigenvalue weighted by atomic mass is 16.5. The van der Waals surface area contributed by atoms with Gasteiger partial charge in [0.15, 0.2) is 11.5 Å². The van der Waals surface area contributed by atoms with Gasteiger partial charge in [-0.25, -0.2) is 0 Å². The summed E-state index contributed by atoms with van der Waals surface area (Å²) >= 11 is 0. The van der Waals surface area contributed by atoms with Crippen molar-refractivity contribution in [2.75, 3.05) is 33.9 Å². The number of rotatable bonds is 9. The second-order valence-corrected chi connectivity index (χ2v) is 8.09. The summed E-state index contributed by atoms with van der Waals surface area (Å²) < 4.78 is 12.3. The lowest BCUT2D eigenvalue weighted by molar-refractivity contribution is 0.0948. The quantitative estimate of drug-likeness (QED) is 0.619. The van der Waals surface area contributed by atoms with Gasteiger partial charge in [-0.15, -0.1) is 0 Å². The molecule has 0 spiro atoms. The lowest BCUT2D eigenvalue weighted by Crippen LogP contribution is -2.40. The highest BCUT2D eigenvalue weighted by molar-refractivity contribution is 6.07. The number of nitrogens with zero attached hydrogens (tertiary/aromatic N) is 2. The van der Waals surface area contributed by atoms with E-state index in [0.717, 1.165) is 19.5 Å². The zero-order valence-electron chi connectivity index (χ0n) is 19.2. The maximum Gasteiger partial charge on any atom is 0.258 e. The Bertz CT molecular complexity index is 969. The Kier molecular flexibility index (Phi) is 7.96. The molecule has 31 heavy (non-hydrogen) atoms. The minimum absolute atomic E-state index is 0.147. The molecule has 170 valence electrons. The Morgan fingerprint density at radius 2 is 1.84 bits per heavy atom. The molecule has 7 nitrogen and oxygen atoms in total. The number of hydrogen-bond donors (Lipinski definition) is 1. The molecule has 1 fully saturated rings. The number of benzene rings is 1. The first-order chi connectivity index (χ1) is 15.0. The lowest BCUT2D eigenvalue weighted by atomic mass is 10.00. The molecule has 7 heteroatoms. The van der Waals surface area contributed by atoms with Crippen molar-refractivity contribution in [3.8, 4) is 11.5 Å². The third kappa shape index (κ3) is 5.03. The van der Waals surface area contributed by atoms with Crippen LogP contribution in [0.25, 0.3) is 10.8 Å². The highest BCUT2D eigenvalue weighted by Crippen LogP contribution is 2.32. The van der Waals surface area contributed by atoms with Crippen LogP contribution >= 0.6 is 0 Å². The van der Waals surface area contributed by atoms with Gasteiger partial charge in [0, 0.05) is 37.3 Å². The van der Waals surface area contributed by atoms with E-state index in [-0.39, 0.29) is 11.5 Å². The number of nitrogens with one attached hydrogen (secondary N) is 1. The molecule has 1 aromatic heterocycles. The molecule has 1 amide bonds. The van der Waals surface area contributed by atoms with Gasteiger partial charge < -0.3 is 24.3 Å². The summed E-state index contributed by atoms with van der Waals surface area (Å²) in [5, 5.41) is 4.07. The van der Waals surface area contributed by atoms with Crippen molar-refractivity contribution >= 4 is 16.7 Å². The number of aryl methyl sites for hydroxylation is 1. The average molecular weight is 430 g/mol. The summed E-state index contributed by atoms with van der Waals surface area (Å²) in [7, 11) is 3.07. The van der Waals surface area contributed by atoms with E-state index in [9.17, 15) is 9.59 Å². The molecule has 1 N–H and O–H groups in total. The molecule has 0 unspecified atom stereocenters. The zero-order valence-corrected chi connectivity index (χ0v) is 19.2. The van der Waals surface area contributed by atoms with Gasteiger partial charge in [0.2, 0.25) is 0 Å². The van der Waals surface area contributed by atoms with Crippen LogP contribution in [0.15, 0.2) is 23.1 Å². The first-order valence-electron chi connectivity index (χ1n) is 11.3. The average Bonchev–Trinajstić information content (AvgIpc) is 2.81. The number of amides is 1. The van der Waals surface area contributed by atoms with E-state index in [1.54, 1.807) is 30.0 Å². The van der Waals surface area contributed by atoms with Gasteiger partial charge in [-0.05, 0) is 51.3 Å². The summed E-state index contributed by atoms with van der Waals surface area (Å²) in [6.45, 7) is 7.38. The number of aromatic nitrogens is 1. The van der Waals surface area contributed by atoms with E-state index >= 15 is 0 Å². The van der Waals surface area contributed by atoms with Crippen LogP contribution in [0.3, 0.4) is 0 Å². The lowest BCUT2D eigenvalue weighted by Gasteiger charge is -2.35. The van der Waals surface area contributed by atoms with Gasteiger partial charge in [0.05, 0.1) is 25.2 Å². The summed E-state index contributed by atoms with van der Waals surface area (Å²) in [5.41, 5.74) is 0.326. The molecule has 1 atom stereocenters. The number of methoxy groups -OCH3 is 2. The number of hydrogen-bond acceptors (Lipinski definition) is 5. The van der Waals surface area contributed by atoms with Crippen LogP contribution in [0.4, 0.5) is 0 Å². The molecule has 0 bridgehead atoms. The molecular formula is C24H35N3O4. The van der Waals surface area contributed by atoms with E-state index in [4.69, 9.17) is 9.47 Å². The largest absolute Gasteiger partial charge is 0.493 e. The fourth-order valence-corrected chi connectivity index (χ4v) is 4.53. The Hall–Kier alpha value is -2.54. The van der Waals surface area contributed by atoms with Crippen LogP contribution in [0.5, 0.6) is 11.5 Å². The number of fused-ring (bicyclic) bond motifs is 1. The third-order valence-electron chi connectivity index (χ3n) is 6.30. The van der Waals surface area contributed by atoms with Crippen molar-refractivity contribution in [3.05, 3.63) is 34.2 Å². The molecule has 2 heterocycles. The zero-order chi connectivity index (χ0) is 22.4. The van der Waals surface area contributed by atoms with Crippen molar-refractivity contribution in [3.63, 3.8) is 0 Å². The van der Waals surface area contributed by atoms with Gasteiger partial charge in [-0.3, -0.25) is 9.59 Å². The van der Waals surface area contributed by atoms with Crippen molar-refractivity contribution in [2.24, 2.45) is 0 Å². The highest BCUT2D eigenvalue weighted by Gasteiger charge is 2.21. The van der Waals surface area contributed by atoms with Crippen LogP contribution in [-0.2, 0) is 6.54 Å². The standard InChI is InChI=1S/C24H35N3O4/c1-5-17-10-7-8-12-27(17)13-9-11-25-23(28)20-16-26(6-2)24(29)19-15-22(31-4)21(30-3)14-18(19)20/h14-17H,5-13H2,1-4H3,(H,25,28)/t17-/m0/s1. The fourth-order valence-electron chi connectivity index (χ4n) is 4.53. The van der Waals surface area contributed by atoms with E-state index in [1.165, 1.54) is 32.8 Å². The van der Waals surface area contributed by atoms with E-state index in [1.807, 2.05) is 6.92 Å². The number of carbonyl (C=O) groups is 1. The van der Waals surface area contributed by atoms with Crippen LogP contribution in [0.2, 0.25) is 0 Å². The Balaban J connectivity index is 1.78. The van der Waals surface area contributed by atoms with Gasteiger partial charge in [0.25, 0.3) is 11.5 Å². The fraction of sp³-hybridized carbons (Fsp3) is 0.583. The summed E-state index contributed by atoms with van der Waals surface area (Å²) in [6.07, 6.45) is 7.59.